The van der Waals surface area contributed by atoms with E-state index >= 15 is 0 Å². The van der Waals surface area contributed by atoms with Crippen molar-refractivity contribution in [2.45, 2.75) is 225 Å². The second-order valence-electron chi connectivity index (χ2n) is 16.5. The van der Waals surface area contributed by atoms with E-state index in [0.29, 0.717) is 12.8 Å². The molecule has 5 unspecified atom stereocenters. The average Bonchev–Trinajstić information content (AvgIpc) is 3.24. The molecule has 15 nitrogen and oxygen atoms in total. The molecule has 0 aromatic carbocycles. The summed E-state index contributed by atoms with van der Waals surface area (Å²) in [6, 6.07) is 0. The van der Waals surface area contributed by atoms with E-state index in [1.807, 2.05) is 0 Å². The summed E-state index contributed by atoms with van der Waals surface area (Å²) in [5, 5.41) is 30.0. The van der Waals surface area contributed by atoms with E-state index in [4.69, 9.17) is 9.47 Å². The van der Waals surface area contributed by atoms with Crippen molar-refractivity contribution in [3.05, 3.63) is 12.2 Å². The number of phosphoric ester groups is 2. The summed E-state index contributed by atoms with van der Waals surface area (Å²) >= 11 is 0. The van der Waals surface area contributed by atoms with Gasteiger partial charge in [-0.05, 0) is 38.5 Å². The Balaban J connectivity index is 3.87. The van der Waals surface area contributed by atoms with Crippen LogP contribution < -0.4 is 0 Å². The lowest BCUT2D eigenvalue weighted by atomic mass is 10.0. The summed E-state index contributed by atoms with van der Waals surface area (Å²) < 4.78 is 52.9. The molecule has 0 aromatic rings. The average molecular weight is 931 g/mol. The van der Waals surface area contributed by atoms with E-state index in [1.165, 1.54) is 122 Å². The van der Waals surface area contributed by atoms with Gasteiger partial charge in [-0.2, -0.15) is 0 Å². The van der Waals surface area contributed by atoms with E-state index in [9.17, 15) is 43.8 Å². The van der Waals surface area contributed by atoms with E-state index in [0.717, 1.165) is 44.9 Å². The fourth-order valence-corrected chi connectivity index (χ4v) is 8.03. The third kappa shape index (κ3) is 44.0. The number of aliphatic hydroxyl groups excluding tert-OH is 3. The van der Waals surface area contributed by atoms with Crippen molar-refractivity contribution in [2.75, 3.05) is 39.6 Å². The Morgan fingerprint density at radius 1 is 0.403 bits per heavy atom. The van der Waals surface area contributed by atoms with Gasteiger partial charge in [0.1, 0.15) is 31.5 Å². The highest BCUT2D eigenvalue weighted by molar-refractivity contribution is 7.47. The zero-order valence-electron chi connectivity index (χ0n) is 38.6. The van der Waals surface area contributed by atoms with E-state index < -0.39 is 85.5 Å². The van der Waals surface area contributed by atoms with Gasteiger partial charge in [-0.3, -0.25) is 27.7 Å². The maximum absolute atomic E-state index is 12.1. The molecule has 17 heteroatoms. The predicted octanol–water partition coefficient (Wildman–Crippen LogP) is 10.7. The summed E-state index contributed by atoms with van der Waals surface area (Å²) in [5.74, 6) is -1.00. The first kappa shape index (κ1) is 60.8. The first-order chi connectivity index (χ1) is 29.8. The van der Waals surface area contributed by atoms with Crippen LogP contribution in [0.1, 0.15) is 206 Å². The quantitative estimate of drug-likeness (QED) is 0.0166. The molecule has 5 N–H and O–H groups in total. The van der Waals surface area contributed by atoms with Crippen LogP contribution in [0.2, 0.25) is 0 Å². The Morgan fingerprint density at radius 2 is 0.645 bits per heavy atom. The molecule has 0 bridgehead atoms. The lowest BCUT2D eigenvalue weighted by Crippen LogP contribution is -2.25. The van der Waals surface area contributed by atoms with Crippen molar-refractivity contribution in [3.63, 3.8) is 0 Å². The highest BCUT2D eigenvalue weighted by atomic mass is 31.2. The molecule has 0 fully saturated rings. The van der Waals surface area contributed by atoms with Gasteiger partial charge in [0.15, 0.2) is 0 Å². The van der Waals surface area contributed by atoms with Crippen LogP contribution in [0.5, 0.6) is 0 Å². The van der Waals surface area contributed by atoms with Crippen LogP contribution in [-0.4, -0.2) is 95.0 Å². The third-order valence-corrected chi connectivity index (χ3v) is 12.1. The molecule has 0 radical (unpaired) electrons. The molecular formula is C45H88O15P2. The minimum absolute atomic E-state index is 0.179. The Kier molecular flexibility index (Phi) is 41.6. The summed E-state index contributed by atoms with van der Waals surface area (Å²) in [4.78, 5) is 43.7. The third-order valence-electron chi connectivity index (χ3n) is 10.2. The van der Waals surface area contributed by atoms with Crippen LogP contribution in [0.3, 0.4) is 0 Å². The first-order valence-corrected chi connectivity index (χ1v) is 27.0. The molecule has 0 amide bonds. The molecule has 0 aliphatic heterocycles. The molecule has 0 aliphatic rings. The number of unbranched alkanes of at least 4 members (excludes halogenated alkanes) is 25. The maximum Gasteiger partial charge on any atom is 0.472 e. The molecule has 62 heavy (non-hydrogen) atoms. The number of phosphoric acid groups is 2. The van der Waals surface area contributed by atoms with Crippen molar-refractivity contribution in [3.8, 4) is 0 Å². The summed E-state index contributed by atoms with van der Waals surface area (Å²) in [6.07, 6.45) is 33.5. The van der Waals surface area contributed by atoms with E-state index in [2.05, 4.69) is 44.1 Å². The molecule has 5 atom stereocenters. The van der Waals surface area contributed by atoms with E-state index in [1.54, 1.807) is 0 Å². The molecular weight excluding hydrogens is 842 g/mol. The van der Waals surface area contributed by atoms with Gasteiger partial charge in [-0.1, -0.05) is 167 Å². The smallest absolute Gasteiger partial charge is 0.463 e. The molecule has 368 valence electrons. The summed E-state index contributed by atoms with van der Waals surface area (Å²) in [5.41, 5.74) is 0. The number of carbonyl (C=O) groups excluding carboxylic acids is 2. The number of aliphatic hydroxyl groups is 3. The van der Waals surface area contributed by atoms with Gasteiger partial charge in [0.25, 0.3) is 0 Å². The summed E-state index contributed by atoms with van der Waals surface area (Å²) in [7, 11) is -9.56. The largest absolute Gasteiger partial charge is 0.472 e. The zero-order chi connectivity index (χ0) is 46.0. The van der Waals surface area contributed by atoms with Crippen LogP contribution in [-0.2, 0) is 46.3 Å². The number of rotatable bonds is 47. The monoisotopic (exact) mass is 931 g/mol. The van der Waals surface area contributed by atoms with E-state index in [-0.39, 0.29) is 12.8 Å². The van der Waals surface area contributed by atoms with Gasteiger partial charge >= 0.3 is 27.6 Å². The van der Waals surface area contributed by atoms with Crippen molar-refractivity contribution in [1.82, 2.24) is 0 Å². The van der Waals surface area contributed by atoms with Crippen LogP contribution in [0, 0.1) is 0 Å². The van der Waals surface area contributed by atoms with Gasteiger partial charge < -0.3 is 34.6 Å². The van der Waals surface area contributed by atoms with Crippen molar-refractivity contribution >= 4 is 27.6 Å². The lowest BCUT2D eigenvalue weighted by molar-refractivity contribution is -0.148. The molecule has 0 aliphatic carbocycles. The lowest BCUT2D eigenvalue weighted by Gasteiger charge is -2.19. The van der Waals surface area contributed by atoms with Crippen molar-refractivity contribution < 1.29 is 71.4 Å². The molecule has 0 saturated heterocycles. The Morgan fingerprint density at radius 3 is 0.952 bits per heavy atom. The molecule has 0 aromatic heterocycles. The minimum Gasteiger partial charge on any atom is -0.463 e. The molecule has 0 saturated carbocycles. The highest BCUT2D eigenvalue weighted by Gasteiger charge is 2.28. The Hall–Kier alpha value is -1.22. The SMILES string of the molecule is CCCCCCCC/C=C\CCCCCC(=O)OCC(O)COP(=O)(O)OCC(O)COP(=O)(O)OCC(O)COC(=O)CCCCCCCCCCCCCCCCCCC. The zero-order valence-corrected chi connectivity index (χ0v) is 40.3. The molecule has 0 spiro atoms. The van der Waals surface area contributed by atoms with Crippen LogP contribution >= 0.6 is 15.6 Å². The molecule has 0 heterocycles. The number of ether oxygens (including phenoxy) is 2. The number of carbonyl (C=O) groups is 2. The van der Waals surface area contributed by atoms with Crippen molar-refractivity contribution in [2.24, 2.45) is 0 Å². The van der Waals surface area contributed by atoms with Crippen LogP contribution in [0.4, 0.5) is 0 Å². The number of esters is 2. The van der Waals surface area contributed by atoms with Crippen LogP contribution in [0.15, 0.2) is 12.2 Å². The summed E-state index contributed by atoms with van der Waals surface area (Å²) in [6.45, 7) is 0.423. The standard InChI is InChI=1S/C45H88O15P2/c1-3-5-7-9-11-13-15-17-18-19-20-22-24-26-28-30-32-34-45(50)56-36-42(47)38-58-62(53,54)60-40-43(48)39-59-61(51,52)57-37-41(46)35-55-44(49)33-31-29-27-25-23-21-16-14-12-10-8-6-4-2/h21,23,41-43,46-48H,3-20,22,24-40H2,1-2H3,(H,51,52)(H,53,54)/b23-21-. The first-order valence-electron chi connectivity index (χ1n) is 24.0. The molecule has 0 rings (SSSR count). The fraction of sp³-hybridized carbons (Fsp3) is 0.911. The van der Waals surface area contributed by atoms with Gasteiger partial charge in [0, 0.05) is 12.8 Å². The van der Waals surface area contributed by atoms with Gasteiger partial charge in [-0.25, -0.2) is 9.13 Å². The fourth-order valence-electron chi connectivity index (χ4n) is 6.44. The number of hydrogen-bond donors (Lipinski definition) is 5. The van der Waals surface area contributed by atoms with Crippen molar-refractivity contribution in [1.29, 1.82) is 0 Å². The maximum atomic E-state index is 12.1. The normalized spacial score (nSPS) is 15.3. The Bertz CT molecular complexity index is 1170. The second kappa shape index (κ2) is 42.4. The van der Waals surface area contributed by atoms with Gasteiger partial charge in [-0.15, -0.1) is 0 Å². The topological polar surface area (TPSA) is 225 Å². The Labute approximate surface area is 374 Å². The highest BCUT2D eigenvalue weighted by Crippen LogP contribution is 2.45. The second-order valence-corrected chi connectivity index (χ2v) is 19.4. The van der Waals surface area contributed by atoms with Crippen LogP contribution in [0.25, 0.3) is 0 Å². The number of allylic oxidation sites excluding steroid dienone is 2. The van der Waals surface area contributed by atoms with Gasteiger partial charge in [0.2, 0.25) is 0 Å². The number of hydrogen-bond acceptors (Lipinski definition) is 13. The minimum atomic E-state index is -4.78. The van der Waals surface area contributed by atoms with Gasteiger partial charge in [0.05, 0.1) is 26.4 Å². The predicted molar refractivity (Wildman–Crippen MR) is 242 cm³/mol.